The lowest BCUT2D eigenvalue weighted by Gasteiger charge is -2.25. The Bertz CT molecular complexity index is 550. The van der Waals surface area contributed by atoms with E-state index in [9.17, 15) is 9.59 Å². The second kappa shape index (κ2) is 4.74. The van der Waals surface area contributed by atoms with Crippen molar-refractivity contribution in [3.63, 3.8) is 0 Å². The fourth-order valence-corrected chi connectivity index (χ4v) is 2.38. The van der Waals surface area contributed by atoms with Crippen LogP contribution in [0.3, 0.4) is 0 Å². The number of rotatable bonds is 4. The van der Waals surface area contributed by atoms with E-state index in [4.69, 9.17) is 26.2 Å². The van der Waals surface area contributed by atoms with Crippen molar-refractivity contribution in [1.82, 2.24) is 0 Å². The van der Waals surface area contributed by atoms with Gasteiger partial charge in [0, 0.05) is 11.0 Å². The summed E-state index contributed by atoms with van der Waals surface area (Å²) in [7, 11) is 0. The zero-order valence-corrected chi connectivity index (χ0v) is 11.3. The summed E-state index contributed by atoms with van der Waals surface area (Å²) < 4.78 is 10.6. The van der Waals surface area contributed by atoms with Crippen LogP contribution in [0.4, 0.5) is 0 Å². The van der Waals surface area contributed by atoms with Crippen LogP contribution in [0.25, 0.3) is 0 Å². The van der Waals surface area contributed by atoms with E-state index in [-0.39, 0.29) is 29.5 Å². The summed E-state index contributed by atoms with van der Waals surface area (Å²) >= 11 is 6.04. The van der Waals surface area contributed by atoms with E-state index in [0.29, 0.717) is 17.6 Å². The van der Waals surface area contributed by atoms with Gasteiger partial charge in [0.2, 0.25) is 6.79 Å². The van der Waals surface area contributed by atoms with Crippen molar-refractivity contribution in [2.24, 2.45) is 0 Å². The quantitative estimate of drug-likeness (QED) is 0.861. The average molecular weight is 285 g/mol. The summed E-state index contributed by atoms with van der Waals surface area (Å²) in [5.74, 6) is -0.234. The molecule has 1 heterocycles. The number of carbonyl (C=O) groups excluding carboxylic acids is 1. The fraction of sp³-hybridized carbons (Fsp3) is 0.385. The Hall–Kier alpha value is -1.75. The van der Waals surface area contributed by atoms with Gasteiger partial charge >= 0.3 is 5.97 Å². The Morgan fingerprint density at radius 2 is 2.11 bits per heavy atom. The van der Waals surface area contributed by atoms with Gasteiger partial charge in [-0.25, -0.2) is 0 Å². The molecule has 1 aromatic rings. The van der Waals surface area contributed by atoms with E-state index >= 15 is 0 Å². The van der Waals surface area contributed by atoms with E-state index in [1.165, 1.54) is 0 Å². The molecule has 19 heavy (non-hydrogen) atoms. The van der Waals surface area contributed by atoms with E-state index < -0.39 is 11.4 Å². The van der Waals surface area contributed by atoms with Crippen molar-refractivity contribution in [3.8, 4) is 11.5 Å². The molecule has 0 unspecified atom stereocenters. The van der Waals surface area contributed by atoms with Crippen LogP contribution >= 0.6 is 11.6 Å². The van der Waals surface area contributed by atoms with Crippen LogP contribution < -0.4 is 9.47 Å². The van der Waals surface area contributed by atoms with Gasteiger partial charge in [-0.3, -0.25) is 9.59 Å². The van der Waals surface area contributed by atoms with Crippen LogP contribution in [0.2, 0.25) is 5.02 Å². The topological polar surface area (TPSA) is 72.8 Å². The van der Waals surface area contributed by atoms with Gasteiger partial charge in [-0.05, 0) is 6.07 Å². The summed E-state index contributed by atoms with van der Waals surface area (Å²) in [6.45, 7) is 3.54. The first-order valence-electron chi connectivity index (χ1n) is 5.66. The number of carbonyl (C=O) groups is 2. The van der Waals surface area contributed by atoms with Crippen LogP contribution in [-0.2, 0) is 10.2 Å². The number of ether oxygens (including phenoxy) is 2. The molecule has 0 aliphatic carbocycles. The number of carboxylic acids is 1. The molecule has 5 nitrogen and oxygen atoms in total. The molecule has 0 bridgehead atoms. The zero-order chi connectivity index (χ0) is 14.2. The predicted octanol–water partition coefficient (Wildman–Crippen LogP) is 2.63. The Morgan fingerprint density at radius 1 is 1.47 bits per heavy atom. The predicted molar refractivity (Wildman–Crippen MR) is 68.2 cm³/mol. The highest BCUT2D eigenvalue weighted by Crippen LogP contribution is 2.47. The van der Waals surface area contributed by atoms with Gasteiger partial charge in [0.25, 0.3) is 0 Å². The largest absolute Gasteiger partial charge is 0.481 e. The van der Waals surface area contributed by atoms with E-state index in [2.05, 4.69) is 0 Å². The van der Waals surface area contributed by atoms with Crippen molar-refractivity contribution in [3.05, 3.63) is 22.2 Å². The number of hydrogen-bond donors (Lipinski definition) is 1. The Labute approximate surface area is 115 Å². The number of halogens is 1. The molecule has 1 N–H and O–H groups in total. The molecule has 0 saturated heterocycles. The molecule has 0 spiro atoms. The monoisotopic (exact) mass is 284 g/mol. The fourth-order valence-electron chi connectivity index (χ4n) is 2.14. The molecule has 0 amide bonds. The van der Waals surface area contributed by atoms with Gasteiger partial charge in [-0.15, -0.1) is 0 Å². The van der Waals surface area contributed by atoms with Crippen molar-refractivity contribution < 1.29 is 24.2 Å². The highest BCUT2D eigenvalue weighted by molar-refractivity contribution is 6.33. The molecule has 102 valence electrons. The van der Waals surface area contributed by atoms with Gasteiger partial charge in [-0.2, -0.15) is 0 Å². The summed E-state index contributed by atoms with van der Waals surface area (Å²) in [6.07, 6.45) is 0.517. The lowest BCUT2D eigenvalue weighted by atomic mass is 9.80. The van der Waals surface area contributed by atoms with Crippen LogP contribution in [0.5, 0.6) is 11.5 Å². The molecule has 0 atom stereocenters. The minimum atomic E-state index is -0.923. The second-order valence-corrected chi connectivity index (χ2v) is 5.36. The number of benzene rings is 1. The first-order valence-corrected chi connectivity index (χ1v) is 6.04. The number of aliphatic carboxylic acids is 1. The number of fused-ring (bicyclic) bond motifs is 1. The first-order chi connectivity index (χ1) is 8.86. The first kappa shape index (κ1) is 13.7. The van der Waals surface area contributed by atoms with Gasteiger partial charge < -0.3 is 14.6 Å². The van der Waals surface area contributed by atoms with Crippen molar-refractivity contribution in [2.45, 2.75) is 25.7 Å². The summed E-state index contributed by atoms with van der Waals surface area (Å²) in [6, 6.07) is 1.57. The average Bonchev–Trinajstić information content (AvgIpc) is 2.74. The minimum absolute atomic E-state index is 0.00727. The Kier molecular flexibility index (Phi) is 3.41. The molecule has 0 radical (unpaired) electrons. The van der Waals surface area contributed by atoms with Crippen molar-refractivity contribution in [1.29, 1.82) is 0 Å². The molecule has 6 heteroatoms. The normalized spacial score (nSPS) is 13.4. The molecule has 0 fully saturated rings. The number of hydrogen-bond acceptors (Lipinski definition) is 4. The molecule has 0 aromatic heterocycles. The van der Waals surface area contributed by atoms with Gasteiger partial charge in [0.05, 0.1) is 17.0 Å². The smallest absolute Gasteiger partial charge is 0.304 e. The maximum Gasteiger partial charge on any atom is 0.304 e. The molecule has 1 aliphatic heterocycles. The molecule has 2 rings (SSSR count). The Morgan fingerprint density at radius 3 is 2.68 bits per heavy atom. The van der Waals surface area contributed by atoms with Gasteiger partial charge in [0.1, 0.15) is 0 Å². The molecule has 1 aromatic carbocycles. The third-order valence-corrected chi connectivity index (χ3v) is 3.38. The highest BCUT2D eigenvalue weighted by Gasteiger charge is 2.34. The third kappa shape index (κ3) is 2.38. The maximum atomic E-state index is 11.0. The van der Waals surface area contributed by atoms with E-state index in [1.807, 2.05) is 0 Å². The zero-order valence-electron chi connectivity index (χ0n) is 10.5. The third-order valence-electron chi connectivity index (χ3n) is 3.07. The summed E-state index contributed by atoms with van der Waals surface area (Å²) in [5, 5.41) is 9.20. The van der Waals surface area contributed by atoms with Gasteiger partial charge in [0.15, 0.2) is 17.8 Å². The van der Waals surface area contributed by atoms with E-state index in [1.54, 1.807) is 19.9 Å². The second-order valence-electron chi connectivity index (χ2n) is 4.96. The Balaban J connectivity index is 2.60. The van der Waals surface area contributed by atoms with Crippen LogP contribution in [0, 0.1) is 0 Å². The van der Waals surface area contributed by atoms with Crippen LogP contribution in [-0.4, -0.2) is 24.2 Å². The number of aldehydes is 1. The summed E-state index contributed by atoms with van der Waals surface area (Å²) in [4.78, 5) is 21.9. The van der Waals surface area contributed by atoms with Crippen molar-refractivity contribution >= 4 is 23.9 Å². The minimum Gasteiger partial charge on any atom is -0.481 e. The molecular formula is C13H13ClO5. The number of carboxylic acid groups (broad SMARTS) is 1. The van der Waals surface area contributed by atoms with Crippen molar-refractivity contribution in [2.75, 3.05) is 6.79 Å². The SMILES string of the molecule is CC(C)(CC(=O)O)c1cc(Cl)c(C=O)c2c1OCO2. The van der Waals surface area contributed by atoms with Crippen LogP contribution in [0.1, 0.15) is 36.2 Å². The van der Waals surface area contributed by atoms with E-state index in [0.717, 1.165) is 0 Å². The molecule has 0 saturated carbocycles. The van der Waals surface area contributed by atoms with Gasteiger partial charge in [-0.1, -0.05) is 25.4 Å². The molecular weight excluding hydrogens is 272 g/mol. The van der Waals surface area contributed by atoms with Crippen LogP contribution in [0.15, 0.2) is 6.07 Å². The standard InChI is InChI=1S/C13H13ClO5/c1-13(2,4-10(16)17)8-3-9(14)7(5-15)11-12(8)19-6-18-11/h3,5H,4,6H2,1-2H3,(H,16,17). The molecule has 1 aliphatic rings. The maximum absolute atomic E-state index is 11.0. The lowest BCUT2D eigenvalue weighted by Crippen LogP contribution is -2.22. The summed E-state index contributed by atoms with van der Waals surface area (Å²) in [5.41, 5.74) is 0.163. The lowest BCUT2D eigenvalue weighted by molar-refractivity contribution is -0.138. The highest BCUT2D eigenvalue weighted by atomic mass is 35.5.